The van der Waals surface area contributed by atoms with Crippen LogP contribution >= 0.6 is 23.2 Å². The summed E-state index contributed by atoms with van der Waals surface area (Å²) in [5.74, 6) is -0.902. The average molecular weight is 383 g/mol. The van der Waals surface area contributed by atoms with E-state index in [1.807, 2.05) is 0 Å². The molecular weight excluding hydrogens is 367 g/mol. The first kappa shape index (κ1) is 18.9. The summed E-state index contributed by atoms with van der Waals surface area (Å²) >= 11 is 11.6. The highest BCUT2D eigenvalue weighted by atomic mass is 35.5. The number of halogens is 2. The molecule has 0 atom stereocenters. The first-order valence-electron chi connectivity index (χ1n) is 7.12. The number of hydrogen-bond donors (Lipinski definition) is 4. The topological polar surface area (TPSA) is 119 Å². The van der Waals surface area contributed by atoms with Crippen molar-refractivity contribution >= 4 is 57.8 Å². The van der Waals surface area contributed by atoms with Crippen molar-refractivity contribution in [2.75, 3.05) is 35.3 Å². The maximum atomic E-state index is 11.8. The highest BCUT2D eigenvalue weighted by Gasteiger charge is 2.09. The zero-order valence-corrected chi connectivity index (χ0v) is 14.5. The van der Waals surface area contributed by atoms with Crippen LogP contribution in [0.4, 0.5) is 22.7 Å². The van der Waals surface area contributed by atoms with Crippen LogP contribution in [0.2, 0.25) is 10.0 Å². The Bertz CT molecular complexity index is 733. The van der Waals surface area contributed by atoms with E-state index in [9.17, 15) is 9.59 Å². The van der Waals surface area contributed by atoms with E-state index >= 15 is 0 Å². The zero-order chi connectivity index (χ0) is 18.4. The molecule has 0 fully saturated rings. The van der Waals surface area contributed by atoms with Crippen molar-refractivity contribution in [3.63, 3.8) is 0 Å². The molecule has 0 radical (unpaired) electrons. The summed E-state index contributed by atoms with van der Waals surface area (Å²) in [7, 11) is 0. The molecule has 2 rings (SSSR count). The summed E-state index contributed by atoms with van der Waals surface area (Å²) in [6.45, 7) is -0.628. The lowest BCUT2D eigenvalue weighted by molar-refractivity contribution is -0.125. The molecular formula is C16H16Cl2N4O3. The van der Waals surface area contributed by atoms with Gasteiger partial charge in [0.05, 0.1) is 22.7 Å². The van der Waals surface area contributed by atoms with E-state index in [4.69, 9.17) is 39.4 Å². The monoisotopic (exact) mass is 382 g/mol. The molecule has 0 aliphatic carbocycles. The maximum absolute atomic E-state index is 11.8. The van der Waals surface area contributed by atoms with Gasteiger partial charge in [-0.3, -0.25) is 9.59 Å². The molecule has 25 heavy (non-hydrogen) atoms. The van der Waals surface area contributed by atoms with Gasteiger partial charge in [-0.05, 0) is 36.4 Å². The van der Waals surface area contributed by atoms with Crippen molar-refractivity contribution < 1.29 is 14.3 Å². The number of benzene rings is 2. The van der Waals surface area contributed by atoms with E-state index in [1.54, 1.807) is 24.3 Å². The van der Waals surface area contributed by atoms with Crippen LogP contribution in [-0.2, 0) is 14.3 Å². The van der Waals surface area contributed by atoms with Crippen LogP contribution in [-0.4, -0.2) is 25.0 Å². The Morgan fingerprint density at radius 2 is 1.24 bits per heavy atom. The van der Waals surface area contributed by atoms with Crippen LogP contribution in [0.25, 0.3) is 0 Å². The van der Waals surface area contributed by atoms with Crippen LogP contribution in [0.3, 0.4) is 0 Å². The zero-order valence-electron chi connectivity index (χ0n) is 13.0. The molecule has 0 aliphatic rings. The second-order valence-corrected chi connectivity index (χ2v) is 5.93. The Balaban J connectivity index is 1.77. The number of amides is 2. The Hall–Kier alpha value is -2.48. The fourth-order valence-corrected chi connectivity index (χ4v) is 2.26. The van der Waals surface area contributed by atoms with Crippen molar-refractivity contribution in [2.24, 2.45) is 0 Å². The van der Waals surface area contributed by atoms with Crippen LogP contribution in [0, 0.1) is 0 Å². The number of nitrogen functional groups attached to an aromatic ring is 2. The summed E-state index contributed by atoms with van der Waals surface area (Å²) in [5.41, 5.74) is 13.0. The lowest BCUT2D eigenvalue weighted by atomic mass is 10.2. The second kappa shape index (κ2) is 8.57. The van der Waals surface area contributed by atoms with Gasteiger partial charge in [0.15, 0.2) is 0 Å². The smallest absolute Gasteiger partial charge is 0.250 e. The Kier molecular flexibility index (Phi) is 6.46. The van der Waals surface area contributed by atoms with Gasteiger partial charge in [-0.2, -0.15) is 0 Å². The van der Waals surface area contributed by atoms with Gasteiger partial charge in [0.2, 0.25) is 11.8 Å². The third-order valence-electron chi connectivity index (χ3n) is 3.04. The molecule has 0 bridgehead atoms. The number of carbonyl (C=O) groups excluding carboxylic acids is 2. The standard InChI is InChI=1S/C16H16Cl2N4O3/c17-9-1-3-13(11(19)5-9)21-15(23)7-25-8-16(24)22-14-4-2-10(18)6-12(14)20/h1-6H,7-8,19-20H2,(H,21,23)(H,22,24). The highest BCUT2D eigenvalue weighted by molar-refractivity contribution is 6.31. The summed E-state index contributed by atoms with van der Waals surface area (Å²) < 4.78 is 5.07. The number of hydrogen-bond acceptors (Lipinski definition) is 5. The Labute approximate surface area is 154 Å². The fourth-order valence-electron chi connectivity index (χ4n) is 1.90. The summed E-state index contributed by atoms with van der Waals surface area (Å²) in [6.07, 6.45) is 0. The average Bonchev–Trinajstić information content (AvgIpc) is 2.53. The summed E-state index contributed by atoms with van der Waals surface area (Å²) in [4.78, 5) is 23.6. The quantitative estimate of drug-likeness (QED) is 0.572. The molecule has 0 aliphatic heterocycles. The number of nitrogens with one attached hydrogen (secondary N) is 2. The van der Waals surface area contributed by atoms with Crippen molar-refractivity contribution in [3.8, 4) is 0 Å². The predicted octanol–water partition coefficient (Wildman–Crippen LogP) is 2.75. The van der Waals surface area contributed by atoms with E-state index in [-0.39, 0.29) is 13.2 Å². The molecule has 0 aromatic heterocycles. The lowest BCUT2D eigenvalue weighted by Gasteiger charge is -2.10. The molecule has 0 unspecified atom stereocenters. The number of ether oxygens (including phenoxy) is 1. The molecule has 132 valence electrons. The van der Waals surface area contributed by atoms with Crippen molar-refractivity contribution in [3.05, 3.63) is 46.4 Å². The van der Waals surface area contributed by atoms with Crippen LogP contribution < -0.4 is 22.1 Å². The van der Waals surface area contributed by atoms with Gasteiger partial charge < -0.3 is 26.8 Å². The van der Waals surface area contributed by atoms with Gasteiger partial charge in [-0.25, -0.2) is 0 Å². The van der Waals surface area contributed by atoms with E-state index in [0.717, 1.165) is 0 Å². The summed E-state index contributed by atoms with van der Waals surface area (Å²) in [5, 5.41) is 6.05. The van der Waals surface area contributed by atoms with Crippen molar-refractivity contribution in [1.82, 2.24) is 0 Å². The SMILES string of the molecule is Nc1cc(Cl)ccc1NC(=O)COCC(=O)Nc1ccc(Cl)cc1N. The fraction of sp³-hybridized carbons (Fsp3) is 0.125. The molecule has 6 N–H and O–H groups in total. The van der Waals surface area contributed by atoms with Gasteiger partial charge in [-0.15, -0.1) is 0 Å². The number of nitrogens with two attached hydrogens (primary N) is 2. The first-order chi connectivity index (χ1) is 11.8. The first-order valence-corrected chi connectivity index (χ1v) is 7.88. The minimum absolute atomic E-state index is 0.314. The van der Waals surface area contributed by atoms with Crippen molar-refractivity contribution in [2.45, 2.75) is 0 Å². The van der Waals surface area contributed by atoms with E-state index in [1.165, 1.54) is 12.1 Å². The van der Waals surface area contributed by atoms with Crippen LogP contribution in [0.5, 0.6) is 0 Å². The number of anilines is 4. The number of rotatable bonds is 6. The van der Waals surface area contributed by atoms with E-state index in [0.29, 0.717) is 32.8 Å². The van der Waals surface area contributed by atoms with Gasteiger partial charge >= 0.3 is 0 Å². The second-order valence-electron chi connectivity index (χ2n) is 5.05. The molecule has 0 saturated carbocycles. The Morgan fingerprint density at radius 1 is 0.840 bits per heavy atom. The molecule has 7 nitrogen and oxygen atoms in total. The molecule has 0 heterocycles. The highest BCUT2D eigenvalue weighted by Crippen LogP contribution is 2.23. The van der Waals surface area contributed by atoms with E-state index < -0.39 is 11.8 Å². The van der Waals surface area contributed by atoms with Gasteiger partial charge in [0, 0.05) is 10.0 Å². The molecule has 0 saturated heterocycles. The van der Waals surface area contributed by atoms with E-state index in [2.05, 4.69) is 10.6 Å². The molecule has 2 aromatic rings. The maximum Gasteiger partial charge on any atom is 0.250 e. The van der Waals surface area contributed by atoms with Crippen LogP contribution in [0.15, 0.2) is 36.4 Å². The summed E-state index contributed by atoms with van der Waals surface area (Å²) in [6, 6.07) is 9.37. The molecule has 0 spiro atoms. The largest absolute Gasteiger partial charge is 0.397 e. The number of carbonyl (C=O) groups is 2. The minimum Gasteiger partial charge on any atom is -0.397 e. The third kappa shape index (κ3) is 5.82. The third-order valence-corrected chi connectivity index (χ3v) is 3.51. The van der Waals surface area contributed by atoms with Crippen molar-refractivity contribution in [1.29, 1.82) is 0 Å². The van der Waals surface area contributed by atoms with Crippen LogP contribution in [0.1, 0.15) is 0 Å². The normalized spacial score (nSPS) is 10.3. The Morgan fingerprint density at radius 3 is 1.60 bits per heavy atom. The van der Waals surface area contributed by atoms with Gasteiger partial charge in [0.25, 0.3) is 0 Å². The molecule has 9 heteroatoms. The van der Waals surface area contributed by atoms with Gasteiger partial charge in [-0.1, -0.05) is 23.2 Å². The predicted molar refractivity (Wildman–Crippen MR) is 99.8 cm³/mol. The molecule has 2 amide bonds. The lowest BCUT2D eigenvalue weighted by Crippen LogP contribution is -2.24. The minimum atomic E-state index is -0.451. The molecule has 2 aromatic carbocycles. The van der Waals surface area contributed by atoms with Gasteiger partial charge in [0.1, 0.15) is 13.2 Å².